The number of likely N-dealkylation sites (N-methyl/N-ethyl adjacent to an activating group) is 1. The predicted molar refractivity (Wildman–Crippen MR) is 65.6 cm³/mol. The molecule has 0 heterocycles. The van der Waals surface area contributed by atoms with E-state index >= 15 is 0 Å². The number of hydrogen-bond acceptors (Lipinski definition) is 3. The highest BCUT2D eigenvalue weighted by molar-refractivity contribution is 6.33. The lowest BCUT2D eigenvalue weighted by Crippen LogP contribution is -2.27. The van der Waals surface area contributed by atoms with Gasteiger partial charge in [-0.15, -0.1) is 0 Å². The fourth-order valence-electron chi connectivity index (χ4n) is 1.45. The fraction of sp³-hybridized carbons (Fsp3) is 0.455. The van der Waals surface area contributed by atoms with E-state index in [9.17, 15) is 0 Å². The number of hydrogen-bond donors (Lipinski definition) is 1. The summed E-state index contributed by atoms with van der Waals surface area (Å²) in [6.07, 6.45) is 0. The summed E-state index contributed by atoms with van der Waals surface area (Å²) in [6.45, 7) is 4.46. The Hall–Kier alpha value is -0.930. The van der Waals surface area contributed by atoms with Crippen LogP contribution in [0, 0.1) is 0 Å². The summed E-state index contributed by atoms with van der Waals surface area (Å²) in [6, 6.07) is 5.68. The highest BCUT2D eigenvalue weighted by Crippen LogP contribution is 2.29. The highest BCUT2D eigenvalue weighted by Gasteiger charge is 2.09. The van der Waals surface area contributed by atoms with Crippen molar-refractivity contribution in [3.05, 3.63) is 23.2 Å². The summed E-state index contributed by atoms with van der Waals surface area (Å²) in [7, 11) is 1.69. The molecular weight excluding hydrogens is 212 g/mol. The van der Waals surface area contributed by atoms with E-state index in [0.29, 0.717) is 17.3 Å². The average Bonchev–Trinajstić information content (AvgIpc) is 2.25. The van der Waals surface area contributed by atoms with Crippen LogP contribution in [0.4, 0.5) is 11.4 Å². The number of ether oxygens (including phenoxy) is 1. The van der Waals surface area contributed by atoms with E-state index in [1.807, 2.05) is 12.1 Å². The van der Waals surface area contributed by atoms with Crippen LogP contribution in [0.2, 0.25) is 5.02 Å². The maximum absolute atomic E-state index is 5.97. The Morgan fingerprint density at radius 3 is 2.80 bits per heavy atom. The second kappa shape index (κ2) is 5.83. The van der Waals surface area contributed by atoms with Crippen LogP contribution < -0.4 is 10.6 Å². The molecule has 0 aliphatic rings. The largest absolute Gasteiger partial charge is 0.396 e. The van der Waals surface area contributed by atoms with Crippen LogP contribution in [0.3, 0.4) is 0 Å². The number of nitrogens with zero attached hydrogens (tertiary/aromatic N) is 1. The number of methoxy groups -OCH3 is 1. The van der Waals surface area contributed by atoms with E-state index in [0.717, 1.165) is 18.8 Å². The molecule has 0 unspecified atom stereocenters. The minimum absolute atomic E-state index is 0.600. The molecule has 0 aromatic heterocycles. The van der Waals surface area contributed by atoms with Crippen molar-refractivity contribution in [2.24, 2.45) is 0 Å². The number of para-hydroxylation sites is 1. The normalized spacial score (nSPS) is 10.3. The molecule has 1 aromatic carbocycles. The van der Waals surface area contributed by atoms with Gasteiger partial charge in [-0.25, -0.2) is 0 Å². The van der Waals surface area contributed by atoms with Gasteiger partial charge in [0.25, 0.3) is 0 Å². The summed E-state index contributed by atoms with van der Waals surface area (Å²) in [5.41, 5.74) is 7.53. The number of nitrogens with two attached hydrogens (primary N) is 1. The van der Waals surface area contributed by atoms with Crippen LogP contribution in [-0.2, 0) is 4.74 Å². The zero-order valence-corrected chi connectivity index (χ0v) is 9.92. The molecular formula is C11H17ClN2O. The van der Waals surface area contributed by atoms with Crippen LogP contribution in [0.1, 0.15) is 6.92 Å². The van der Waals surface area contributed by atoms with Gasteiger partial charge in [0.15, 0.2) is 0 Å². The molecule has 3 nitrogen and oxygen atoms in total. The molecule has 4 heteroatoms. The summed E-state index contributed by atoms with van der Waals surface area (Å²) in [5.74, 6) is 0. The number of benzene rings is 1. The van der Waals surface area contributed by atoms with E-state index in [1.54, 1.807) is 13.2 Å². The molecule has 0 amide bonds. The maximum atomic E-state index is 5.97. The summed E-state index contributed by atoms with van der Waals surface area (Å²) in [4.78, 5) is 2.14. The van der Waals surface area contributed by atoms with Gasteiger partial charge >= 0.3 is 0 Å². The van der Waals surface area contributed by atoms with Crippen LogP contribution in [-0.4, -0.2) is 26.8 Å². The smallest absolute Gasteiger partial charge is 0.0741 e. The first-order valence-corrected chi connectivity index (χ1v) is 5.36. The molecule has 0 saturated heterocycles. The van der Waals surface area contributed by atoms with E-state index in [2.05, 4.69) is 11.8 Å². The Kier molecular flexibility index (Phi) is 4.72. The predicted octanol–water partition coefficient (Wildman–Crippen LogP) is 2.39. The second-order valence-electron chi connectivity index (χ2n) is 3.25. The number of halogens is 1. The van der Waals surface area contributed by atoms with Gasteiger partial charge in [0.1, 0.15) is 0 Å². The van der Waals surface area contributed by atoms with Gasteiger partial charge in [-0.1, -0.05) is 17.7 Å². The Balaban J connectivity index is 2.86. The van der Waals surface area contributed by atoms with Gasteiger partial charge in [0.05, 0.1) is 23.0 Å². The third-order valence-electron chi connectivity index (χ3n) is 2.32. The lowest BCUT2D eigenvalue weighted by Gasteiger charge is -2.24. The summed E-state index contributed by atoms with van der Waals surface area (Å²) in [5, 5.41) is 0.600. The molecule has 1 rings (SSSR count). The third kappa shape index (κ3) is 3.01. The average molecular weight is 229 g/mol. The number of rotatable bonds is 5. The Morgan fingerprint density at radius 1 is 1.47 bits per heavy atom. The first-order chi connectivity index (χ1) is 7.20. The molecule has 84 valence electrons. The van der Waals surface area contributed by atoms with Gasteiger partial charge in [0, 0.05) is 20.2 Å². The molecule has 0 atom stereocenters. The highest BCUT2D eigenvalue weighted by atomic mass is 35.5. The molecule has 0 radical (unpaired) electrons. The van der Waals surface area contributed by atoms with Crippen LogP contribution >= 0.6 is 11.6 Å². The molecule has 2 N–H and O–H groups in total. The molecule has 0 fully saturated rings. The second-order valence-corrected chi connectivity index (χ2v) is 3.65. The standard InChI is InChI=1S/C11H17ClN2O/c1-3-14(7-8-15-2)10-6-4-5-9(12)11(10)13/h4-6H,3,7-8,13H2,1-2H3. The van der Waals surface area contributed by atoms with E-state index in [1.165, 1.54) is 0 Å². The van der Waals surface area contributed by atoms with E-state index < -0.39 is 0 Å². The Labute approximate surface area is 95.8 Å². The van der Waals surface area contributed by atoms with Gasteiger partial charge in [-0.3, -0.25) is 0 Å². The lowest BCUT2D eigenvalue weighted by atomic mass is 10.2. The van der Waals surface area contributed by atoms with Gasteiger partial charge in [-0.2, -0.15) is 0 Å². The monoisotopic (exact) mass is 228 g/mol. The number of anilines is 2. The van der Waals surface area contributed by atoms with Gasteiger partial charge in [-0.05, 0) is 19.1 Å². The zero-order chi connectivity index (χ0) is 11.3. The van der Waals surface area contributed by atoms with E-state index in [4.69, 9.17) is 22.1 Å². The quantitative estimate of drug-likeness (QED) is 0.787. The SMILES string of the molecule is CCN(CCOC)c1cccc(Cl)c1N. The summed E-state index contributed by atoms with van der Waals surface area (Å²) >= 11 is 5.97. The topological polar surface area (TPSA) is 38.5 Å². The minimum atomic E-state index is 0.600. The number of nitrogen functional groups attached to an aromatic ring is 1. The third-order valence-corrected chi connectivity index (χ3v) is 2.65. The molecule has 0 bridgehead atoms. The van der Waals surface area contributed by atoms with Gasteiger partial charge in [0.2, 0.25) is 0 Å². The van der Waals surface area contributed by atoms with E-state index in [-0.39, 0.29) is 0 Å². The first-order valence-electron chi connectivity index (χ1n) is 4.98. The van der Waals surface area contributed by atoms with Crippen molar-refractivity contribution in [3.63, 3.8) is 0 Å². The van der Waals surface area contributed by atoms with Crippen LogP contribution in [0.5, 0.6) is 0 Å². The van der Waals surface area contributed by atoms with Gasteiger partial charge < -0.3 is 15.4 Å². The Morgan fingerprint density at radius 2 is 2.20 bits per heavy atom. The molecule has 1 aromatic rings. The van der Waals surface area contributed by atoms with Crippen molar-refractivity contribution in [2.75, 3.05) is 37.4 Å². The maximum Gasteiger partial charge on any atom is 0.0741 e. The summed E-state index contributed by atoms with van der Waals surface area (Å²) < 4.78 is 5.05. The van der Waals surface area contributed by atoms with Crippen molar-refractivity contribution in [1.82, 2.24) is 0 Å². The van der Waals surface area contributed by atoms with Crippen molar-refractivity contribution >= 4 is 23.0 Å². The van der Waals surface area contributed by atoms with Crippen molar-refractivity contribution in [3.8, 4) is 0 Å². The van der Waals surface area contributed by atoms with Crippen molar-refractivity contribution in [1.29, 1.82) is 0 Å². The fourth-order valence-corrected chi connectivity index (χ4v) is 1.62. The Bertz CT molecular complexity index is 317. The molecule has 0 aliphatic carbocycles. The van der Waals surface area contributed by atoms with Crippen molar-refractivity contribution in [2.45, 2.75) is 6.92 Å². The van der Waals surface area contributed by atoms with Crippen molar-refractivity contribution < 1.29 is 4.74 Å². The first kappa shape index (κ1) is 12.1. The molecule has 0 spiro atoms. The minimum Gasteiger partial charge on any atom is -0.396 e. The molecule has 0 saturated carbocycles. The molecule has 0 aliphatic heterocycles. The lowest BCUT2D eigenvalue weighted by molar-refractivity contribution is 0.205. The van der Waals surface area contributed by atoms with Crippen LogP contribution in [0.25, 0.3) is 0 Å². The zero-order valence-electron chi connectivity index (χ0n) is 9.16. The van der Waals surface area contributed by atoms with Crippen LogP contribution in [0.15, 0.2) is 18.2 Å². The molecule has 15 heavy (non-hydrogen) atoms.